The molecule has 0 unspecified atom stereocenters. The third kappa shape index (κ3) is 3.59. The van der Waals surface area contributed by atoms with E-state index in [0.29, 0.717) is 19.0 Å². The van der Waals surface area contributed by atoms with Gasteiger partial charge >= 0.3 is 6.09 Å². The second-order valence-corrected chi connectivity index (χ2v) is 6.73. The molecule has 1 aromatic rings. The molecular formula is C13H19BrN3O2+. The van der Waals surface area contributed by atoms with Crippen molar-refractivity contribution in [1.82, 2.24) is 4.90 Å². The van der Waals surface area contributed by atoms with Crippen molar-refractivity contribution in [2.24, 2.45) is 0 Å². The van der Waals surface area contributed by atoms with Gasteiger partial charge in [0.15, 0.2) is 0 Å². The van der Waals surface area contributed by atoms with Crippen molar-refractivity contribution in [1.29, 1.82) is 0 Å². The normalized spacial score (nSPS) is 16.1. The van der Waals surface area contributed by atoms with Gasteiger partial charge in [-0.15, -0.1) is 0 Å². The average molecular weight is 329 g/mol. The second kappa shape index (κ2) is 5.00. The van der Waals surface area contributed by atoms with Gasteiger partial charge in [0.1, 0.15) is 5.60 Å². The quantitative estimate of drug-likeness (QED) is 0.631. The SMILES string of the molecule is CC(C)(C)OC(=O)N1CC(c2cc(Br)c[n+](N)c2)C1. The number of nitrogens with zero attached hydrogens (tertiary/aromatic N) is 2. The predicted octanol–water partition coefficient (Wildman–Crippen LogP) is 1.78. The fraction of sp³-hybridized carbons (Fsp3) is 0.538. The Morgan fingerprint density at radius 2 is 2.11 bits per heavy atom. The monoisotopic (exact) mass is 328 g/mol. The highest BCUT2D eigenvalue weighted by Crippen LogP contribution is 2.28. The highest BCUT2D eigenvalue weighted by Gasteiger charge is 2.35. The molecule has 0 atom stereocenters. The average Bonchev–Trinajstić information content (AvgIpc) is 2.09. The lowest BCUT2D eigenvalue weighted by atomic mass is 9.93. The molecule has 1 saturated heterocycles. The van der Waals surface area contributed by atoms with Gasteiger partial charge in [0.25, 0.3) is 0 Å². The van der Waals surface area contributed by atoms with Crippen LogP contribution in [0.1, 0.15) is 32.3 Å². The molecule has 5 nitrogen and oxygen atoms in total. The largest absolute Gasteiger partial charge is 0.444 e. The lowest BCUT2D eigenvalue weighted by molar-refractivity contribution is -0.640. The molecule has 1 amide bonds. The van der Waals surface area contributed by atoms with E-state index in [1.54, 1.807) is 11.1 Å². The summed E-state index contributed by atoms with van der Waals surface area (Å²) in [6, 6.07) is 2.03. The van der Waals surface area contributed by atoms with Gasteiger partial charge in [0, 0.05) is 24.6 Å². The number of pyridine rings is 1. The Bertz CT molecular complexity index is 473. The summed E-state index contributed by atoms with van der Waals surface area (Å²) in [7, 11) is 0. The number of halogens is 1. The number of carbonyl (C=O) groups excluding carboxylic acids is 1. The van der Waals surface area contributed by atoms with Crippen molar-refractivity contribution in [3.05, 3.63) is 28.5 Å². The molecule has 1 aliphatic heterocycles. The van der Waals surface area contributed by atoms with Gasteiger partial charge in [0.05, 0.1) is 4.47 Å². The third-order valence-electron chi connectivity index (χ3n) is 2.88. The standard InChI is InChI=1S/C13H19BrN3O2/c1-13(2,3)19-12(18)16-5-10(6-16)9-4-11(14)8-17(15)7-9/h4,7-8,10H,5-6,15H2,1-3H3/q+1. The molecule has 2 rings (SSSR count). The molecule has 2 heterocycles. The van der Waals surface area contributed by atoms with Gasteiger partial charge in [-0.05, 0) is 42.8 Å². The number of likely N-dealkylation sites (tertiary alicyclic amines) is 1. The van der Waals surface area contributed by atoms with Gasteiger partial charge in [0.2, 0.25) is 12.4 Å². The van der Waals surface area contributed by atoms with Crippen LogP contribution >= 0.6 is 15.9 Å². The lowest BCUT2D eigenvalue weighted by Gasteiger charge is -2.39. The number of rotatable bonds is 1. The van der Waals surface area contributed by atoms with Gasteiger partial charge in [-0.3, -0.25) is 0 Å². The molecule has 2 N–H and O–H groups in total. The van der Waals surface area contributed by atoms with E-state index in [-0.39, 0.29) is 6.09 Å². The molecule has 0 aliphatic carbocycles. The second-order valence-electron chi connectivity index (χ2n) is 5.82. The molecule has 104 valence electrons. The first kappa shape index (κ1) is 14.1. The van der Waals surface area contributed by atoms with E-state index in [1.165, 1.54) is 4.68 Å². The predicted molar refractivity (Wildman–Crippen MR) is 75.0 cm³/mol. The summed E-state index contributed by atoms with van der Waals surface area (Å²) in [5, 5.41) is 0. The van der Waals surface area contributed by atoms with Crippen molar-refractivity contribution in [3.8, 4) is 0 Å². The number of ether oxygens (including phenoxy) is 1. The van der Waals surface area contributed by atoms with Crippen LogP contribution in [-0.4, -0.2) is 29.7 Å². The van der Waals surface area contributed by atoms with E-state index in [1.807, 2.05) is 33.0 Å². The maximum Gasteiger partial charge on any atom is 0.410 e. The van der Waals surface area contributed by atoms with Crippen molar-refractivity contribution in [2.75, 3.05) is 18.9 Å². The minimum absolute atomic E-state index is 0.251. The molecule has 1 aliphatic rings. The molecule has 0 aromatic carbocycles. The summed E-state index contributed by atoms with van der Waals surface area (Å²) in [5.74, 6) is 6.05. The lowest BCUT2D eigenvalue weighted by Crippen LogP contribution is -2.51. The molecule has 1 aromatic heterocycles. The molecule has 1 fully saturated rings. The van der Waals surface area contributed by atoms with Crippen molar-refractivity contribution in [3.63, 3.8) is 0 Å². The first-order chi connectivity index (χ1) is 8.74. The molecule has 19 heavy (non-hydrogen) atoms. The summed E-state index contributed by atoms with van der Waals surface area (Å²) in [5.41, 5.74) is 0.676. The number of aromatic nitrogens is 1. The number of carbonyl (C=O) groups is 1. The maximum absolute atomic E-state index is 11.8. The molecule has 0 radical (unpaired) electrons. The van der Waals surface area contributed by atoms with E-state index in [0.717, 1.165) is 10.0 Å². The summed E-state index contributed by atoms with van der Waals surface area (Å²) in [6.07, 6.45) is 3.41. The minimum atomic E-state index is -0.446. The summed E-state index contributed by atoms with van der Waals surface area (Å²) in [4.78, 5) is 13.5. The minimum Gasteiger partial charge on any atom is -0.444 e. The van der Waals surface area contributed by atoms with Crippen LogP contribution in [0.25, 0.3) is 0 Å². The van der Waals surface area contributed by atoms with Crippen molar-refractivity contribution >= 4 is 22.0 Å². The van der Waals surface area contributed by atoms with Gasteiger partial charge in [-0.1, -0.05) is 4.68 Å². The fourth-order valence-corrected chi connectivity index (χ4v) is 2.47. The summed E-state index contributed by atoms with van der Waals surface area (Å²) < 4.78 is 7.78. The van der Waals surface area contributed by atoms with Crippen LogP contribution in [0.4, 0.5) is 4.79 Å². The zero-order valence-electron chi connectivity index (χ0n) is 11.4. The summed E-state index contributed by atoms with van der Waals surface area (Å²) >= 11 is 3.41. The van der Waals surface area contributed by atoms with Gasteiger partial charge in [-0.2, -0.15) is 0 Å². The first-order valence-corrected chi connectivity index (χ1v) is 6.98. The van der Waals surface area contributed by atoms with Crippen LogP contribution in [0.15, 0.2) is 22.9 Å². The van der Waals surface area contributed by atoms with Crippen LogP contribution in [0.2, 0.25) is 0 Å². The van der Waals surface area contributed by atoms with Crippen LogP contribution in [0, 0.1) is 0 Å². The van der Waals surface area contributed by atoms with Crippen LogP contribution in [0.5, 0.6) is 0 Å². The van der Waals surface area contributed by atoms with Gasteiger partial charge in [-0.25, -0.2) is 10.6 Å². The summed E-state index contributed by atoms with van der Waals surface area (Å²) in [6.45, 7) is 6.95. The van der Waals surface area contributed by atoms with E-state index in [2.05, 4.69) is 15.9 Å². The Morgan fingerprint density at radius 3 is 2.63 bits per heavy atom. The van der Waals surface area contributed by atoms with Gasteiger partial charge < -0.3 is 9.64 Å². The Labute approximate surface area is 121 Å². The highest BCUT2D eigenvalue weighted by atomic mass is 79.9. The van der Waals surface area contributed by atoms with Crippen LogP contribution < -0.4 is 10.5 Å². The van der Waals surface area contributed by atoms with Crippen LogP contribution in [0.3, 0.4) is 0 Å². The van der Waals surface area contributed by atoms with E-state index < -0.39 is 5.60 Å². The number of nitrogens with two attached hydrogens (primary N) is 1. The molecule has 0 saturated carbocycles. The smallest absolute Gasteiger partial charge is 0.410 e. The topological polar surface area (TPSA) is 59.4 Å². The van der Waals surface area contributed by atoms with Crippen LogP contribution in [-0.2, 0) is 4.74 Å². The van der Waals surface area contributed by atoms with E-state index in [4.69, 9.17) is 10.6 Å². The van der Waals surface area contributed by atoms with E-state index >= 15 is 0 Å². The van der Waals surface area contributed by atoms with Crippen molar-refractivity contribution < 1.29 is 14.2 Å². The number of hydrogen-bond acceptors (Lipinski definition) is 3. The zero-order chi connectivity index (χ0) is 14.2. The first-order valence-electron chi connectivity index (χ1n) is 6.19. The maximum atomic E-state index is 11.8. The Balaban J connectivity index is 1.94. The number of amides is 1. The Hall–Kier alpha value is -1.30. The molecule has 0 spiro atoms. The zero-order valence-corrected chi connectivity index (χ0v) is 13.0. The Kier molecular flexibility index (Phi) is 3.71. The van der Waals surface area contributed by atoms with E-state index in [9.17, 15) is 4.79 Å². The number of nitrogen functional groups attached to an aromatic ring is 1. The molecule has 6 heteroatoms. The fourth-order valence-electron chi connectivity index (χ4n) is 1.97. The highest BCUT2D eigenvalue weighted by molar-refractivity contribution is 9.10. The molecule has 0 bridgehead atoms. The van der Waals surface area contributed by atoms with Crippen molar-refractivity contribution in [2.45, 2.75) is 32.3 Å². The Morgan fingerprint density at radius 1 is 1.47 bits per heavy atom. The molecular weight excluding hydrogens is 310 g/mol. The third-order valence-corrected chi connectivity index (χ3v) is 3.31. The number of hydrogen-bond donors (Lipinski definition) is 1.